The number of amides is 1. The standard InChI is InChI=1S/C19H21N3O2/c1-14-6-4-5-7-16(14)12-22-18(23)13-24-20-19(22)15-8-10-17(11-9-15)21(2)3/h4-11H,12-13H2,1-3H3. The summed E-state index contributed by atoms with van der Waals surface area (Å²) >= 11 is 0. The fourth-order valence-electron chi connectivity index (χ4n) is 2.63. The molecule has 1 aliphatic heterocycles. The van der Waals surface area contributed by atoms with Gasteiger partial charge in [0.15, 0.2) is 12.4 Å². The number of oxime groups is 1. The molecule has 0 aromatic heterocycles. The van der Waals surface area contributed by atoms with Crippen molar-refractivity contribution < 1.29 is 9.63 Å². The summed E-state index contributed by atoms with van der Waals surface area (Å²) in [6.45, 7) is 2.51. The predicted molar refractivity (Wildman–Crippen MR) is 95.0 cm³/mol. The van der Waals surface area contributed by atoms with Crippen LogP contribution in [-0.4, -0.2) is 37.3 Å². The Labute approximate surface area is 142 Å². The molecule has 0 N–H and O–H groups in total. The highest BCUT2D eigenvalue weighted by Gasteiger charge is 2.26. The normalized spacial score (nSPS) is 14.2. The van der Waals surface area contributed by atoms with Crippen LogP contribution in [0.4, 0.5) is 5.69 Å². The fraction of sp³-hybridized carbons (Fsp3) is 0.263. The molecule has 0 bridgehead atoms. The number of carbonyl (C=O) groups is 1. The van der Waals surface area contributed by atoms with Gasteiger partial charge >= 0.3 is 0 Å². The molecule has 0 saturated heterocycles. The molecule has 5 heteroatoms. The van der Waals surface area contributed by atoms with E-state index in [-0.39, 0.29) is 12.5 Å². The van der Waals surface area contributed by atoms with Crippen molar-refractivity contribution in [1.82, 2.24) is 4.90 Å². The highest BCUT2D eigenvalue weighted by atomic mass is 16.6. The van der Waals surface area contributed by atoms with E-state index >= 15 is 0 Å². The maximum Gasteiger partial charge on any atom is 0.269 e. The monoisotopic (exact) mass is 323 g/mol. The van der Waals surface area contributed by atoms with Gasteiger partial charge in [0.25, 0.3) is 5.91 Å². The third-order valence-corrected chi connectivity index (χ3v) is 4.13. The van der Waals surface area contributed by atoms with Gasteiger partial charge in [-0.2, -0.15) is 0 Å². The number of hydrogen-bond acceptors (Lipinski definition) is 4. The topological polar surface area (TPSA) is 45.1 Å². The maximum atomic E-state index is 12.4. The summed E-state index contributed by atoms with van der Waals surface area (Å²) < 4.78 is 0. The summed E-state index contributed by atoms with van der Waals surface area (Å²) in [6, 6.07) is 16.0. The zero-order valence-corrected chi connectivity index (χ0v) is 14.2. The molecule has 5 nitrogen and oxygen atoms in total. The summed E-state index contributed by atoms with van der Waals surface area (Å²) in [5.41, 5.74) is 4.21. The van der Waals surface area contributed by atoms with Gasteiger partial charge in [-0.05, 0) is 42.3 Å². The smallest absolute Gasteiger partial charge is 0.269 e. The van der Waals surface area contributed by atoms with Crippen LogP contribution in [0.15, 0.2) is 53.7 Å². The van der Waals surface area contributed by atoms with Crippen molar-refractivity contribution in [2.75, 3.05) is 25.6 Å². The molecule has 3 rings (SSSR count). The van der Waals surface area contributed by atoms with Crippen LogP contribution in [0.1, 0.15) is 16.7 Å². The van der Waals surface area contributed by atoms with Crippen LogP contribution in [0.25, 0.3) is 0 Å². The van der Waals surface area contributed by atoms with E-state index < -0.39 is 0 Å². The first-order valence-corrected chi connectivity index (χ1v) is 7.89. The van der Waals surface area contributed by atoms with E-state index in [4.69, 9.17) is 4.84 Å². The Hall–Kier alpha value is -2.82. The zero-order chi connectivity index (χ0) is 17.1. The minimum absolute atomic E-state index is 0.0227. The average molecular weight is 323 g/mol. The Kier molecular flexibility index (Phi) is 4.51. The third kappa shape index (κ3) is 3.25. The number of nitrogens with zero attached hydrogens (tertiary/aromatic N) is 3. The van der Waals surface area contributed by atoms with E-state index in [9.17, 15) is 4.79 Å². The highest BCUT2D eigenvalue weighted by molar-refractivity contribution is 6.08. The Morgan fingerprint density at radius 1 is 1.12 bits per heavy atom. The summed E-state index contributed by atoms with van der Waals surface area (Å²) in [7, 11) is 3.98. The van der Waals surface area contributed by atoms with Crippen LogP contribution in [0.2, 0.25) is 0 Å². The van der Waals surface area contributed by atoms with Gasteiger partial charge in [-0.3, -0.25) is 9.69 Å². The Bertz CT molecular complexity index is 766. The van der Waals surface area contributed by atoms with E-state index in [1.807, 2.05) is 74.4 Å². The molecular formula is C19H21N3O2. The molecule has 2 aromatic carbocycles. The largest absolute Gasteiger partial charge is 0.384 e. The highest BCUT2D eigenvalue weighted by Crippen LogP contribution is 2.19. The van der Waals surface area contributed by atoms with Gasteiger partial charge in [0.05, 0.1) is 6.54 Å². The van der Waals surface area contributed by atoms with Gasteiger partial charge in [0, 0.05) is 25.3 Å². The molecule has 0 saturated carbocycles. The van der Waals surface area contributed by atoms with Crippen molar-refractivity contribution in [2.45, 2.75) is 13.5 Å². The van der Waals surface area contributed by atoms with E-state index in [1.165, 1.54) is 0 Å². The molecule has 0 aliphatic carbocycles. The molecule has 1 aliphatic rings. The zero-order valence-electron chi connectivity index (χ0n) is 14.2. The Balaban J connectivity index is 1.91. The molecule has 0 radical (unpaired) electrons. The SMILES string of the molecule is Cc1ccccc1CN1C(=O)CON=C1c1ccc(N(C)C)cc1. The van der Waals surface area contributed by atoms with Crippen molar-refractivity contribution >= 4 is 17.4 Å². The average Bonchev–Trinajstić information content (AvgIpc) is 2.58. The van der Waals surface area contributed by atoms with Crippen LogP contribution in [0.3, 0.4) is 0 Å². The fourth-order valence-corrected chi connectivity index (χ4v) is 2.63. The molecule has 0 atom stereocenters. The van der Waals surface area contributed by atoms with E-state index in [0.717, 1.165) is 22.4 Å². The van der Waals surface area contributed by atoms with Crippen LogP contribution >= 0.6 is 0 Å². The molecule has 1 amide bonds. The summed E-state index contributed by atoms with van der Waals surface area (Å²) in [4.78, 5) is 21.2. The molecule has 1 heterocycles. The molecular weight excluding hydrogens is 302 g/mol. The molecule has 0 fully saturated rings. The number of aryl methyl sites for hydroxylation is 1. The Morgan fingerprint density at radius 2 is 1.83 bits per heavy atom. The molecule has 124 valence electrons. The third-order valence-electron chi connectivity index (χ3n) is 4.13. The van der Waals surface area contributed by atoms with Crippen molar-refractivity contribution in [3.8, 4) is 0 Å². The second-order valence-electron chi connectivity index (χ2n) is 6.04. The van der Waals surface area contributed by atoms with Gasteiger partial charge in [-0.15, -0.1) is 0 Å². The number of rotatable bonds is 4. The summed E-state index contributed by atoms with van der Waals surface area (Å²) in [6.07, 6.45) is 0. The number of anilines is 1. The van der Waals surface area contributed by atoms with Gasteiger partial charge < -0.3 is 9.74 Å². The predicted octanol–water partition coefficient (Wildman–Crippen LogP) is 2.78. The van der Waals surface area contributed by atoms with Gasteiger partial charge in [0.2, 0.25) is 0 Å². The number of benzene rings is 2. The minimum Gasteiger partial charge on any atom is -0.384 e. The first-order valence-electron chi connectivity index (χ1n) is 7.89. The van der Waals surface area contributed by atoms with Crippen molar-refractivity contribution in [2.24, 2.45) is 5.16 Å². The van der Waals surface area contributed by atoms with Crippen LogP contribution in [0, 0.1) is 6.92 Å². The van der Waals surface area contributed by atoms with E-state index in [1.54, 1.807) is 4.90 Å². The lowest BCUT2D eigenvalue weighted by Crippen LogP contribution is -2.42. The van der Waals surface area contributed by atoms with Crippen molar-refractivity contribution in [3.63, 3.8) is 0 Å². The first kappa shape index (κ1) is 16.1. The number of carbonyl (C=O) groups excluding carboxylic acids is 1. The lowest BCUT2D eigenvalue weighted by molar-refractivity contribution is -0.134. The minimum atomic E-state index is -0.0834. The Morgan fingerprint density at radius 3 is 2.50 bits per heavy atom. The van der Waals surface area contributed by atoms with Crippen LogP contribution in [0.5, 0.6) is 0 Å². The molecule has 2 aromatic rings. The first-order chi connectivity index (χ1) is 11.6. The lowest BCUT2D eigenvalue weighted by atomic mass is 10.1. The van der Waals surface area contributed by atoms with Crippen molar-refractivity contribution in [1.29, 1.82) is 0 Å². The van der Waals surface area contributed by atoms with E-state index in [2.05, 4.69) is 5.16 Å². The van der Waals surface area contributed by atoms with Crippen LogP contribution in [-0.2, 0) is 16.2 Å². The van der Waals surface area contributed by atoms with Crippen molar-refractivity contribution in [3.05, 3.63) is 65.2 Å². The lowest BCUT2D eigenvalue weighted by Gasteiger charge is -2.27. The maximum absolute atomic E-state index is 12.4. The number of amidine groups is 1. The number of hydrogen-bond donors (Lipinski definition) is 0. The second kappa shape index (κ2) is 6.74. The van der Waals surface area contributed by atoms with Gasteiger partial charge in [0.1, 0.15) is 0 Å². The second-order valence-corrected chi connectivity index (χ2v) is 6.04. The summed E-state index contributed by atoms with van der Waals surface area (Å²) in [5.74, 6) is 0.472. The molecule has 24 heavy (non-hydrogen) atoms. The molecule has 0 spiro atoms. The quantitative estimate of drug-likeness (QED) is 0.869. The molecule has 0 unspecified atom stereocenters. The van der Waals surface area contributed by atoms with Gasteiger partial charge in [-0.25, -0.2) is 0 Å². The van der Waals surface area contributed by atoms with E-state index in [0.29, 0.717) is 12.4 Å². The van der Waals surface area contributed by atoms with Gasteiger partial charge in [-0.1, -0.05) is 29.4 Å². The summed E-state index contributed by atoms with van der Waals surface area (Å²) in [5, 5.41) is 4.14. The van der Waals surface area contributed by atoms with Crippen LogP contribution < -0.4 is 4.90 Å².